The number of rotatable bonds is 6. The third-order valence-electron chi connectivity index (χ3n) is 3.77. The Balaban J connectivity index is 1.79. The second-order valence-corrected chi connectivity index (χ2v) is 6.07. The smallest absolute Gasteiger partial charge is 0.344 e. The number of carbonyl (C=O) groups is 2. The van der Waals surface area contributed by atoms with Gasteiger partial charge in [-0.25, -0.2) is 4.79 Å². The van der Waals surface area contributed by atoms with E-state index in [9.17, 15) is 9.59 Å². The highest BCUT2D eigenvalue weighted by Gasteiger charge is 2.10. The van der Waals surface area contributed by atoms with Crippen molar-refractivity contribution >= 4 is 17.6 Å². The molecule has 1 amide bonds. The van der Waals surface area contributed by atoms with E-state index >= 15 is 0 Å². The molecule has 2 aromatic carbocycles. The van der Waals surface area contributed by atoms with Crippen LogP contribution in [0.5, 0.6) is 5.75 Å². The highest BCUT2D eigenvalue weighted by atomic mass is 16.6. The maximum Gasteiger partial charge on any atom is 0.344 e. The number of carbonyl (C=O) groups excluding carboxylic acids is 2. The molecule has 0 heterocycles. The van der Waals surface area contributed by atoms with E-state index in [1.165, 1.54) is 0 Å². The van der Waals surface area contributed by atoms with E-state index in [4.69, 9.17) is 9.47 Å². The minimum atomic E-state index is -0.587. The number of aryl methyl sites for hydroxylation is 3. The number of benzene rings is 2. The normalized spacial score (nSPS) is 10.2. The monoisotopic (exact) mass is 341 g/mol. The van der Waals surface area contributed by atoms with E-state index in [-0.39, 0.29) is 19.1 Å². The first-order valence-electron chi connectivity index (χ1n) is 8.08. The Morgan fingerprint density at radius 2 is 1.64 bits per heavy atom. The van der Waals surface area contributed by atoms with Crippen LogP contribution in [-0.4, -0.2) is 25.1 Å². The fraction of sp³-hybridized carbons (Fsp3) is 0.300. The number of hydrogen-bond donors (Lipinski definition) is 1. The summed E-state index contributed by atoms with van der Waals surface area (Å²) in [6.45, 7) is 7.22. The molecule has 25 heavy (non-hydrogen) atoms. The lowest BCUT2D eigenvalue weighted by Gasteiger charge is -2.11. The fourth-order valence-electron chi connectivity index (χ4n) is 2.45. The first-order chi connectivity index (χ1) is 11.8. The van der Waals surface area contributed by atoms with Crippen molar-refractivity contribution in [1.82, 2.24) is 0 Å². The van der Waals surface area contributed by atoms with Gasteiger partial charge in [-0.15, -0.1) is 0 Å². The van der Waals surface area contributed by atoms with Gasteiger partial charge in [0.25, 0.3) is 5.91 Å². The molecule has 0 aromatic heterocycles. The zero-order valence-electron chi connectivity index (χ0n) is 15.0. The molecule has 0 fully saturated rings. The fourth-order valence-corrected chi connectivity index (χ4v) is 2.45. The molecular formula is C20H23NO4. The number of nitrogens with one attached hydrogen (secondary N) is 1. The first-order valence-corrected chi connectivity index (χ1v) is 8.08. The van der Waals surface area contributed by atoms with Gasteiger partial charge in [-0.05, 0) is 68.1 Å². The summed E-state index contributed by atoms with van der Waals surface area (Å²) in [7, 11) is 0. The van der Waals surface area contributed by atoms with Gasteiger partial charge in [-0.3, -0.25) is 4.79 Å². The van der Waals surface area contributed by atoms with Crippen LogP contribution in [0.25, 0.3) is 0 Å². The summed E-state index contributed by atoms with van der Waals surface area (Å²) in [6.07, 6.45) is 0. The number of hydrogen-bond acceptors (Lipinski definition) is 4. The topological polar surface area (TPSA) is 64.6 Å². The van der Waals surface area contributed by atoms with E-state index in [1.807, 2.05) is 58.0 Å². The van der Waals surface area contributed by atoms with Crippen molar-refractivity contribution in [2.24, 2.45) is 0 Å². The van der Waals surface area contributed by atoms with Gasteiger partial charge in [0, 0.05) is 5.69 Å². The molecule has 2 rings (SSSR count). The van der Waals surface area contributed by atoms with Crippen LogP contribution in [0.4, 0.5) is 5.69 Å². The standard InChI is InChI=1S/C20H23NO4/c1-13-8-14(2)10-17(9-13)21-19(22)11-25-20(23)12-24-18-7-5-6-15(3)16(18)4/h5-10H,11-12H2,1-4H3,(H,21,22). The highest BCUT2D eigenvalue weighted by molar-refractivity contribution is 5.93. The van der Waals surface area contributed by atoms with Crippen molar-refractivity contribution in [2.75, 3.05) is 18.5 Å². The SMILES string of the molecule is Cc1cc(C)cc(NC(=O)COC(=O)COc2cccc(C)c2C)c1. The Labute approximate surface area is 148 Å². The Morgan fingerprint density at radius 3 is 2.32 bits per heavy atom. The molecule has 2 aromatic rings. The van der Waals surface area contributed by atoms with Crippen LogP contribution in [0.2, 0.25) is 0 Å². The largest absolute Gasteiger partial charge is 0.482 e. The maximum absolute atomic E-state index is 11.9. The van der Waals surface area contributed by atoms with Gasteiger partial charge in [0.1, 0.15) is 5.75 Å². The lowest BCUT2D eigenvalue weighted by Crippen LogP contribution is -2.23. The number of anilines is 1. The summed E-state index contributed by atoms with van der Waals surface area (Å²) >= 11 is 0. The van der Waals surface area contributed by atoms with Crippen LogP contribution < -0.4 is 10.1 Å². The van der Waals surface area contributed by atoms with Crippen LogP contribution in [0, 0.1) is 27.7 Å². The lowest BCUT2D eigenvalue weighted by atomic mass is 10.1. The van der Waals surface area contributed by atoms with E-state index < -0.39 is 5.97 Å². The third-order valence-corrected chi connectivity index (χ3v) is 3.77. The van der Waals surface area contributed by atoms with E-state index in [0.29, 0.717) is 11.4 Å². The number of ether oxygens (including phenoxy) is 2. The van der Waals surface area contributed by atoms with Gasteiger partial charge in [-0.1, -0.05) is 18.2 Å². The summed E-state index contributed by atoms with van der Waals surface area (Å²) in [5.41, 5.74) is 4.84. The van der Waals surface area contributed by atoms with Crippen molar-refractivity contribution in [3.63, 3.8) is 0 Å². The van der Waals surface area contributed by atoms with Crippen LogP contribution in [0.1, 0.15) is 22.3 Å². The molecule has 0 bridgehead atoms. The second kappa shape index (κ2) is 8.33. The lowest BCUT2D eigenvalue weighted by molar-refractivity contribution is -0.149. The third kappa shape index (κ3) is 5.64. The van der Waals surface area contributed by atoms with Crippen molar-refractivity contribution in [1.29, 1.82) is 0 Å². The molecule has 0 unspecified atom stereocenters. The molecule has 0 aliphatic heterocycles. The van der Waals surface area contributed by atoms with E-state index in [1.54, 1.807) is 6.07 Å². The van der Waals surface area contributed by atoms with Gasteiger partial charge in [0.05, 0.1) is 0 Å². The van der Waals surface area contributed by atoms with Crippen LogP contribution in [0.3, 0.4) is 0 Å². The van der Waals surface area contributed by atoms with E-state index in [0.717, 1.165) is 22.3 Å². The predicted octanol–water partition coefficient (Wildman–Crippen LogP) is 3.48. The Bertz CT molecular complexity index is 763. The molecule has 5 heteroatoms. The molecule has 0 saturated carbocycles. The summed E-state index contributed by atoms with van der Waals surface area (Å²) < 4.78 is 10.4. The summed E-state index contributed by atoms with van der Waals surface area (Å²) in [4.78, 5) is 23.6. The Kier molecular flexibility index (Phi) is 6.17. The molecule has 0 saturated heterocycles. The van der Waals surface area contributed by atoms with Crippen LogP contribution in [0.15, 0.2) is 36.4 Å². The minimum Gasteiger partial charge on any atom is -0.482 e. The summed E-state index contributed by atoms with van der Waals surface area (Å²) in [5.74, 6) is -0.335. The first kappa shape index (κ1) is 18.5. The molecule has 1 N–H and O–H groups in total. The van der Waals surface area contributed by atoms with Crippen molar-refractivity contribution in [2.45, 2.75) is 27.7 Å². The van der Waals surface area contributed by atoms with Gasteiger partial charge >= 0.3 is 5.97 Å². The maximum atomic E-state index is 11.9. The Hall–Kier alpha value is -2.82. The van der Waals surface area contributed by atoms with Gasteiger partial charge < -0.3 is 14.8 Å². The quantitative estimate of drug-likeness (QED) is 0.817. The zero-order valence-corrected chi connectivity index (χ0v) is 15.0. The molecule has 132 valence electrons. The molecule has 0 atom stereocenters. The van der Waals surface area contributed by atoms with E-state index in [2.05, 4.69) is 5.32 Å². The van der Waals surface area contributed by atoms with Crippen molar-refractivity contribution < 1.29 is 19.1 Å². The summed E-state index contributed by atoms with van der Waals surface area (Å²) in [5, 5.41) is 2.71. The average Bonchev–Trinajstić information content (AvgIpc) is 2.53. The molecule has 0 aliphatic rings. The molecule has 5 nitrogen and oxygen atoms in total. The average molecular weight is 341 g/mol. The zero-order chi connectivity index (χ0) is 18.4. The minimum absolute atomic E-state index is 0.235. The summed E-state index contributed by atoms with van der Waals surface area (Å²) in [6, 6.07) is 11.4. The van der Waals surface area contributed by atoms with Gasteiger partial charge in [0.2, 0.25) is 0 Å². The van der Waals surface area contributed by atoms with Crippen LogP contribution in [-0.2, 0) is 14.3 Å². The van der Waals surface area contributed by atoms with Crippen molar-refractivity contribution in [3.8, 4) is 5.75 Å². The predicted molar refractivity (Wildman–Crippen MR) is 96.9 cm³/mol. The van der Waals surface area contributed by atoms with Crippen LogP contribution >= 0.6 is 0 Å². The second-order valence-electron chi connectivity index (χ2n) is 6.07. The Morgan fingerprint density at radius 1 is 0.960 bits per heavy atom. The molecular weight excluding hydrogens is 318 g/mol. The molecule has 0 aliphatic carbocycles. The van der Waals surface area contributed by atoms with Gasteiger partial charge in [-0.2, -0.15) is 0 Å². The van der Waals surface area contributed by atoms with Gasteiger partial charge in [0.15, 0.2) is 13.2 Å². The number of amides is 1. The molecule has 0 radical (unpaired) electrons. The molecule has 0 spiro atoms. The number of esters is 1. The highest BCUT2D eigenvalue weighted by Crippen LogP contribution is 2.20. The van der Waals surface area contributed by atoms with Crippen molar-refractivity contribution in [3.05, 3.63) is 58.7 Å².